The Hall–Kier alpha value is -0.0800. The first-order chi connectivity index (χ1) is 5.83. The molecule has 0 aromatic heterocycles. The second kappa shape index (κ2) is 4.83. The molecule has 0 spiro atoms. The molecule has 0 radical (unpaired) electrons. The van der Waals surface area contributed by atoms with Crippen molar-refractivity contribution in [1.82, 2.24) is 5.32 Å². The fourth-order valence-electron chi connectivity index (χ4n) is 2.25. The van der Waals surface area contributed by atoms with Crippen molar-refractivity contribution in [2.75, 3.05) is 20.1 Å². The summed E-state index contributed by atoms with van der Waals surface area (Å²) in [4.78, 5) is 0. The molecule has 1 aliphatic carbocycles. The van der Waals surface area contributed by atoms with Crippen LogP contribution in [-0.2, 0) is 0 Å². The largest absolute Gasteiger partial charge is 0.330 e. The smallest absolute Gasteiger partial charge is 0.00201 e. The maximum absolute atomic E-state index is 5.85. The maximum Gasteiger partial charge on any atom is -0.00201 e. The molecule has 2 nitrogen and oxygen atoms in total. The van der Waals surface area contributed by atoms with Gasteiger partial charge < -0.3 is 11.1 Å². The maximum atomic E-state index is 5.85. The zero-order valence-electron chi connectivity index (χ0n) is 8.23. The van der Waals surface area contributed by atoms with E-state index in [4.69, 9.17) is 5.73 Å². The molecule has 0 saturated heterocycles. The molecule has 0 unspecified atom stereocenters. The monoisotopic (exact) mass is 170 g/mol. The van der Waals surface area contributed by atoms with Gasteiger partial charge in [-0.25, -0.2) is 0 Å². The fraction of sp³-hybridized carbons (Fsp3) is 1.00. The lowest BCUT2D eigenvalue weighted by atomic mass is 9.72. The molecule has 0 atom stereocenters. The van der Waals surface area contributed by atoms with Gasteiger partial charge in [0.2, 0.25) is 0 Å². The van der Waals surface area contributed by atoms with Crippen LogP contribution in [0.5, 0.6) is 0 Å². The minimum Gasteiger partial charge on any atom is -0.330 e. The van der Waals surface area contributed by atoms with Crippen LogP contribution in [0.15, 0.2) is 0 Å². The van der Waals surface area contributed by atoms with Gasteiger partial charge in [-0.2, -0.15) is 0 Å². The number of hydrogen-bond donors (Lipinski definition) is 2. The van der Waals surface area contributed by atoms with Crippen molar-refractivity contribution in [2.45, 2.75) is 38.5 Å². The number of nitrogens with one attached hydrogen (secondary N) is 1. The van der Waals surface area contributed by atoms with E-state index >= 15 is 0 Å². The van der Waals surface area contributed by atoms with Crippen molar-refractivity contribution in [3.05, 3.63) is 0 Å². The van der Waals surface area contributed by atoms with Gasteiger partial charge in [-0.1, -0.05) is 19.3 Å². The van der Waals surface area contributed by atoms with Crippen molar-refractivity contribution in [1.29, 1.82) is 0 Å². The topological polar surface area (TPSA) is 38.0 Å². The molecule has 1 rings (SSSR count). The fourth-order valence-corrected chi connectivity index (χ4v) is 2.25. The highest BCUT2D eigenvalue weighted by atomic mass is 14.8. The molecule has 1 aliphatic rings. The third-order valence-corrected chi connectivity index (χ3v) is 3.25. The summed E-state index contributed by atoms with van der Waals surface area (Å²) in [5, 5.41) is 3.22. The standard InChI is InChI=1S/C10H22N2/c1-12-8-7-10(9-11)5-3-2-4-6-10/h12H,2-9,11H2,1H3. The van der Waals surface area contributed by atoms with Gasteiger partial charge in [0.25, 0.3) is 0 Å². The van der Waals surface area contributed by atoms with Crippen LogP contribution in [0.1, 0.15) is 38.5 Å². The van der Waals surface area contributed by atoms with Gasteiger partial charge in [0.15, 0.2) is 0 Å². The van der Waals surface area contributed by atoms with Gasteiger partial charge in [0, 0.05) is 0 Å². The Labute approximate surface area is 75.9 Å². The summed E-state index contributed by atoms with van der Waals surface area (Å²) in [7, 11) is 2.02. The van der Waals surface area contributed by atoms with Crippen molar-refractivity contribution >= 4 is 0 Å². The Morgan fingerprint density at radius 3 is 2.42 bits per heavy atom. The molecule has 0 heterocycles. The second-order valence-electron chi connectivity index (χ2n) is 4.12. The molecule has 0 aliphatic heterocycles. The molecule has 3 N–H and O–H groups in total. The quantitative estimate of drug-likeness (QED) is 0.671. The Kier molecular flexibility index (Phi) is 4.02. The number of rotatable bonds is 4. The van der Waals surface area contributed by atoms with Gasteiger partial charge in [-0.3, -0.25) is 0 Å². The van der Waals surface area contributed by atoms with Gasteiger partial charge in [0.05, 0.1) is 0 Å². The third kappa shape index (κ3) is 2.46. The second-order valence-corrected chi connectivity index (χ2v) is 4.12. The lowest BCUT2D eigenvalue weighted by Gasteiger charge is -2.36. The summed E-state index contributed by atoms with van der Waals surface area (Å²) in [6, 6.07) is 0. The van der Waals surface area contributed by atoms with Crippen LogP contribution in [-0.4, -0.2) is 20.1 Å². The summed E-state index contributed by atoms with van der Waals surface area (Å²) >= 11 is 0. The van der Waals surface area contributed by atoms with Crippen molar-refractivity contribution in [2.24, 2.45) is 11.1 Å². The Bertz CT molecular complexity index is 117. The lowest BCUT2D eigenvalue weighted by molar-refractivity contribution is 0.182. The number of hydrogen-bond acceptors (Lipinski definition) is 2. The van der Waals surface area contributed by atoms with E-state index in [0.29, 0.717) is 5.41 Å². The van der Waals surface area contributed by atoms with Crippen LogP contribution in [0.3, 0.4) is 0 Å². The molecule has 1 saturated carbocycles. The van der Waals surface area contributed by atoms with Crippen LogP contribution < -0.4 is 11.1 Å². The zero-order chi connectivity index (χ0) is 8.86. The van der Waals surface area contributed by atoms with E-state index in [-0.39, 0.29) is 0 Å². The highest BCUT2D eigenvalue weighted by Crippen LogP contribution is 2.37. The normalized spacial score (nSPS) is 22.5. The molecule has 12 heavy (non-hydrogen) atoms. The SMILES string of the molecule is CNCCC1(CN)CCCCC1. The minimum atomic E-state index is 0.487. The summed E-state index contributed by atoms with van der Waals surface area (Å²) in [5.41, 5.74) is 6.34. The van der Waals surface area contributed by atoms with E-state index in [1.54, 1.807) is 0 Å². The summed E-state index contributed by atoms with van der Waals surface area (Å²) < 4.78 is 0. The molecular formula is C10H22N2. The van der Waals surface area contributed by atoms with Gasteiger partial charge in [-0.15, -0.1) is 0 Å². The molecule has 0 amide bonds. The van der Waals surface area contributed by atoms with E-state index < -0.39 is 0 Å². The minimum absolute atomic E-state index is 0.487. The summed E-state index contributed by atoms with van der Waals surface area (Å²) in [6.45, 7) is 2.01. The van der Waals surface area contributed by atoms with E-state index in [1.807, 2.05) is 7.05 Å². The van der Waals surface area contributed by atoms with Crippen molar-refractivity contribution in [3.63, 3.8) is 0 Å². The molecule has 0 aromatic carbocycles. The van der Waals surface area contributed by atoms with E-state index in [9.17, 15) is 0 Å². The predicted octanol–water partition coefficient (Wildman–Crippen LogP) is 1.51. The van der Waals surface area contributed by atoms with Gasteiger partial charge >= 0.3 is 0 Å². The first kappa shape index (κ1) is 10.0. The average Bonchev–Trinajstić information content (AvgIpc) is 2.16. The van der Waals surface area contributed by atoms with Crippen LogP contribution in [0.4, 0.5) is 0 Å². The molecule has 72 valence electrons. The first-order valence-electron chi connectivity index (χ1n) is 5.18. The van der Waals surface area contributed by atoms with Crippen LogP contribution in [0, 0.1) is 5.41 Å². The Morgan fingerprint density at radius 2 is 1.92 bits per heavy atom. The molecule has 0 aromatic rings. The van der Waals surface area contributed by atoms with Crippen molar-refractivity contribution < 1.29 is 0 Å². The Morgan fingerprint density at radius 1 is 1.25 bits per heavy atom. The predicted molar refractivity (Wildman–Crippen MR) is 53.1 cm³/mol. The van der Waals surface area contributed by atoms with E-state index in [2.05, 4.69) is 5.32 Å². The molecule has 2 heteroatoms. The number of nitrogens with two attached hydrogens (primary N) is 1. The zero-order valence-corrected chi connectivity index (χ0v) is 8.23. The molecule has 0 bridgehead atoms. The van der Waals surface area contributed by atoms with Gasteiger partial charge in [-0.05, 0) is 44.8 Å². The highest BCUT2D eigenvalue weighted by molar-refractivity contribution is 4.83. The Balaban J connectivity index is 2.37. The van der Waals surface area contributed by atoms with Crippen LogP contribution >= 0.6 is 0 Å². The highest BCUT2D eigenvalue weighted by Gasteiger charge is 2.29. The van der Waals surface area contributed by atoms with Crippen LogP contribution in [0.25, 0.3) is 0 Å². The summed E-state index contributed by atoms with van der Waals surface area (Å²) in [5.74, 6) is 0. The van der Waals surface area contributed by atoms with Crippen LogP contribution in [0.2, 0.25) is 0 Å². The third-order valence-electron chi connectivity index (χ3n) is 3.25. The van der Waals surface area contributed by atoms with Gasteiger partial charge in [0.1, 0.15) is 0 Å². The lowest BCUT2D eigenvalue weighted by Crippen LogP contribution is -2.35. The average molecular weight is 170 g/mol. The van der Waals surface area contributed by atoms with E-state index in [0.717, 1.165) is 13.1 Å². The van der Waals surface area contributed by atoms with E-state index in [1.165, 1.54) is 38.5 Å². The molecular weight excluding hydrogens is 148 g/mol. The first-order valence-corrected chi connectivity index (χ1v) is 5.18. The summed E-state index contributed by atoms with van der Waals surface area (Å²) in [6.07, 6.45) is 8.17. The molecule has 1 fully saturated rings. The van der Waals surface area contributed by atoms with Crippen molar-refractivity contribution in [3.8, 4) is 0 Å².